The molecule has 0 amide bonds. The molecule has 1 atom stereocenters. The third kappa shape index (κ3) is 5.94. The second kappa shape index (κ2) is 14.9. The zero-order chi connectivity index (χ0) is 38.2. The minimum absolute atomic E-state index is 0.569. The van der Waals surface area contributed by atoms with Crippen LogP contribution in [0.15, 0.2) is 202 Å². The Balaban J connectivity index is 1.19. The van der Waals surface area contributed by atoms with Gasteiger partial charge in [0.2, 0.25) is 5.95 Å². The van der Waals surface area contributed by atoms with Gasteiger partial charge in [0.25, 0.3) is 0 Å². The van der Waals surface area contributed by atoms with Crippen molar-refractivity contribution in [3.8, 4) is 11.6 Å². The third-order valence-corrected chi connectivity index (χ3v) is 14.9. The van der Waals surface area contributed by atoms with Crippen LogP contribution < -0.4 is 10.7 Å². The van der Waals surface area contributed by atoms with Crippen LogP contribution in [0, 0.1) is 0 Å². The van der Waals surface area contributed by atoms with E-state index in [4.69, 9.17) is 19.9 Å². The van der Waals surface area contributed by atoms with Gasteiger partial charge in [-0.2, -0.15) is 15.0 Å². The fourth-order valence-electron chi connectivity index (χ4n) is 8.37. The molecule has 0 fully saturated rings. The molecular formula is C49H39N6PS. The number of benzene rings is 6. The van der Waals surface area contributed by atoms with Crippen molar-refractivity contribution in [2.45, 2.75) is 21.1 Å². The first-order valence-electron chi connectivity index (χ1n) is 19.2. The van der Waals surface area contributed by atoms with Gasteiger partial charge in [0.15, 0.2) is 5.82 Å². The number of hydrogen-bond acceptors (Lipinski definition) is 4. The Bertz CT molecular complexity index is 3010. The second-order valence-corrected chi connectivity index (χ2v) is 17.6. The third-order valence-electron chi connectivity index (χ3n) is 10.8. The van der Waals surface area contributed by atoms with Gasteiger partial charge in [-0.1, -0.05) is 115 Å². The summed E-state index contributed by atoms with van der Waals surface area (Å²) in [5, 5.41) is 5.41. The van der Waals surface area contributed by atoms with Gasteiger partial charge < -0.3 is 4.57 Å². The first-order valence-corrected chi connectivity index (χ1v) is 21.6. The zero-order valence-electron chi connectivity index (χ0n) is 31.2. The monoisotopic (exact) mass is 774 g/mol. The Morgan fingerprint density at radius 1 is 0.649 bits per heavy atom. The molecule has 0 bridgehead atoms. The normalized spacial score (nSPS) is 13.5. The molecule has 0 radical (unpaired) electrons. The van der Waals surface area contributed by atoms with E-state index in [1.165, 1.54) is 20.1 Å². The van der Waals surface area contributed by atoms with Crippen molar-refractivity contribution >= 4 is 63.6 Å². The van der Waals surface area contributed by atoms with Crippen molar-refractivity contribution in [2.24, 2.45) is 4.99 Å². The van der Waals surface area contributed by atoms with Crippen LogP contribution in [0.1, 0.15) is 12.2 Å². The predicted molar refractivity (Wildman–Crippen MR) is 239 cm³/mol. The van der Waals surface area contributed by atoms with Crippen molar-refractivity contribution in [1.29, 1.82) is 0 Å². The molecule has 276 valence electrons. The highest BCUT2D eigenvalue weighted by Crippen LogP contribution is 2.68. The first-order chi connectivity index (χ1) is 28.3. The summed E-state index contributed by atoms with van der Waals surface area (Å²) in [5.41, 5.74) is 5.36. The Kier molecular flexibility index (Phi) is 9.18. The van der Waals surface area contributed by atoms with Crippen LogP contribution in [0.5, 0.6) is 0 Å². The lowest BCUT2D eigenvalue weighted by Crippen LogP contribution is -2.32. The van der Waals surface area contributed by atoms with Crippen LogP contribution in [0.4, 0.5) is 0 Å². The molecule has 0 N–H and O–H groups in total. The SMILES string of the molecule is PC=CC(=CCS(c1ccccc1)(c1ccccc1)c1ccccc1)c1ncnc(-n2c3c(c4ccc5c(c6ccccc6n5-c5ccccc5)c42)=NCCC=3)n1. The van der Waals surface area contributed by atoms with E-state index in [1.807, 2.05) is 5.82 Å². The first kappa shape index (κ1) is 35.0. The average Bonchev–Trinajstić information content (AvgIpc) is 3.81. The van der Waals surface area contributed by atoms with E-state index in [1.54, 1.807) is 6.33 Å². The van der Waals surface area contributed by atoms with Gasteiger partial charge in [-0.15, -0.1) is 9.24 Å². The average molecular weight is 775 g/mol. The highest BCUT2D eigenvalue weighted by atomic mass is 32.3. The van der Waals surface area contributed by atoms with E-state index in [-0.39, 0.29) is 0 Å². The van der Waals surface area contributed by atoms with Crippen molar-refractivity contribution in [3.63, 3.8) is 0 Å². The smallest absolute Gasteiger partial charge is 0.238 e. The number of hydrogen-bond donors (Lipinski definition) is 0. The Labute approximate surface area is 334 Å². The molecule has 8 heteroatoms. The number of fused-ring (bicyclic) bond motifs is 7. The Morgan fingerprint density at radius 2 is 1.28 bits per heavy atom. The van der Waals surface area contributed by atoms with Gasteiger partial charge in [0, 0.05) is 39.7 Å². The summed E-state index contributed by atoms with van der Waals surface area (Å²) in [5.74, 6) is 3.93. The van der Waals surface area contributed by atoms with Crippen molar-refractivity contribution in [2.75, 3.05) is 12.3 Å². The van der Waals surface area contributed by atoms with Crippen LogP contribution in [-0.2, 0) is 0 Å². The van der Waals surface area contributed by atoms with Crippen LogP contribution in [0.25, 0.3) is 56.0 Å². The molecule has 6 aromatic carbocycles. The summed E-state index contributed by atoms with van der Waals surface area (Å²) in [6.07, 6.45) is 9.19. The van der Waals surface area contributed by atoms with E-state index < -0.39 is 10.0 Å². The van der Waals surface area contributed by atoms with Crippen LogP contribution in [0.3, 0.4) is 0 Å². The molecule has 6 nitrogen and oxygen atoms in total. The van der Waals surface area contributed by atoms with E-state index in [2.05, 4.69) is 194 Å². The molecule has 3 aromatic heterocycles. The van der Waals surface area contributed by atoms with Gasteiger partial charge >= 0.3 is 0 Å². The maximum Gasteiger partial charge on any atom is 0.238 e. The summed E-state index contributed by atoms with van der Waals surface area (Å²) in [4.78, 5) is 24.1. The second-order valence-electron chi connectivity index (χ2n) is 14.0. The molecule has 9 aromatic rings. The predicted octanol–water partition coefficient (Wildman–Crippen LogP) is 10.5. The van der Waals surface area contributed by atoms with Crippen molar-refractivity contribution in [3.05, 3.63) is 199 Å². The summed E-state index contributed by atoms with van der Waals surface area (Å²) in [7, 11) is 1.01. The molecule has 0 spiro atoms. The Hall–Kier alpha value is -6.40. The highest BCUT2D eigenvalue weighted by molar-refractivity contribution is 8.34. The van der Waals surface area contributed by atoms with E-state index >= 15 is 0 Å². The fraction of sp³-hybridized carbons (Fsp3) is 0.0612. The maximum absolute atomic E-state index is 5.32. The largest absolute Gasteiger partial charge is 0.309 e. The maximum atomic E-state index is 5.32. The molecule has 1 unspecified atom stereocenters. The van der Waals surface area contributed by atoms with E-state index in [0.717, 1.165) is 68.0 Å². The van der Waals surface area contributed by atoms with Gasteiger partial charge in [-0.25, -0.2) is 9.97 Å². The highest BCUT2D eigenvalue weighted by Gasteiger charge is 2.30. The number of allylic oxidation sites excluding steroid dienone is 2. The number of rotatable bonds is 9. The van der Waals surface area contributed by atoms with Crippen LogP contribution >= 0.6 is 19.3 Å². The molecule has 4 heterocycles. The topological polar surface area (TPSA) is 60.9 Å². The molecule has 57 heavy (non-hydrogen) atoms. The standard InChI is InChI=1S/C49H39N6PS/c56-32-29-35(30-33-57(37-18-7-2-8-19-37,38-20-9-3-10-21-38)39-22-11-4-12-23-39)48-51-34-52-49(53-48)55-44-26-15-31-50-46(44)41-27-28-43-45(47(41)55)40-24-13-14-25-42(40)54(43)36-16-5-1-6-17-36/h1-14,16-30,32,34H,15,31,33,56H2. The lowest BCUT2D eigenvalue weighted by Gasteiger charge is -2.41. The Morgan fingerprint density at radius 3 is 1.95 bits per heavy atom. The minimum Gasteiger partial charge on any atom is -0.309 e. The van der Waals surface area contributed by atoms with Crippen molar-refractivity contribution in [1.82, 2.24) is 24.1 Å². The van der Waals surface area contributed by atoms with Gasteiger partial charge in [-0.05, 0) is 87.8 Å². The summed E-state index contributed by atoms with van der Waals surface area (Å²) in [6.45, 7) is 0.749. The summed E-state index contributed by atoms with van der Waals surface area (Å²) >= 11 is 0. The van der Waals surface area contributed by atoms with E-state index in [0.29, 0.717) is 11.8 Å². The molecule has 1 aliphatic rings. The summed E-state index contributed by atoms with van der Waals surface area (Å²) in [6, 6.07) is 56.5. The molecule has 0 aliphatic carbocycles. The van der Waals surface area contributed by atoms with E-state index in [9.17, 15) is 0 Å². The lowest BCUT2D eigenvalue weighted by molar-refractivity contribution is 0.866. The van der Waals surface area contributed by atoms with Crippen molar-refractivity contribution < 1.29 is 0 Å². The minimum atomic E-state index is -1.73. The summed E-state index contributed by atoms with van der Waals surface area (Å²) < 4.78 is 4.57. The van der Waals surface area contributed by atoms with Gasteiger partial charge in [0.1, 0.15) is 6.33 Å². The number of nitrogens with zero attached hydrogens (tertiary/aromatic N) is 6. The number of aromatic nitrogens is 5. The fourth-order valence-corrected chi connectivity index (χ4v) is 12.3. The number of para-hydroxylation sites is 2. The molecule has 10 rings (SSSR count). The quantitative estimate of drug-likeness (QED) is 0.108. The van der Waals surface area contributed by atoms with Gasteiger partial charge in [0.05, 0.1) is 27.3 Å². The van der Waals surface area contributed by atoms with Crippen LogP contribution in [0.2, 0.25) is 0 Å². The molecule has 1 aliphatic heterocycles. The zero-order valence-corrected chi connectivity index (χ0v) is 33.2. The lowest BCUT2D eigenvalue weighted by atomic mass is 10.1. The molecular weight excluding hydrogens is 736 g/mol. The van der Waals surface area contributed by atoms with Crippen LogP contribution in [-0.4, -0.2) is 36.4 Å². The molecule has 0 saturated carbocycles. The molecule has 0 saturated heterocycles. The van der Waals surface area contributed by atoms with Gasteiger partial charge in [-0.3, -0.25) is 9.56 Å².